The second-order valence-electron chi connectivity index (χ2n) is 4.15. The molecule has 0 saturated carbocycles. The summed E-state index contributed by atoms with van der Waals surface area (Å²) in [4.78, 5) is 7.05. The van der Waals surface area contributed by atoms with Gasteiger partial charge < -0.3 is 0 Å². The Kier molecular flexibility index (Phi) is 12.4. The van der Waals surface area contributed by atoms with Crippen molar-refractivity contribution in [2.45, 2.75) is 14.6 Å². The summed E-state index contributed by atoms with van der Waals surface area (Å²) in [6, 6.07) is 0. The molecule has 0 fully saturated rings. The van der Waals surface area contributed by atoms with Gasteiger partial charge in [-0.3, -0.25) is 0 Å². The van der Waals surface area contributed by atoms with E-state index in [4.69, 9.17) is 0 Å². The molecule has 0 radical (unpaired) electrons. The molecule has 0 aliphatic heterocycles. The van der Waals surface area contributed by atoms with E-state index in [-0.39, 0.29) is 0 Å². The predicted molar refractivity (Wildman–Crippen MR) is 70.2 cm³/mol. The van der Waals surface area contributed by atoms with E-state index in [0.717, 1.165) is 0 Å². The summed E-state index contributed by atoms with van der Waals surface area (Å²) in [6.45, 7) is 0. The van der Waals surface area contributed by atoms with Crippen molar-refractivity contribution in [2.24, 2.45) is 0 Å². The number of hydrogen-bond acceptors (Lipinski definition) is 3. The summed E-state index contributed by atoms with van der Waals surface area (Å²) in [6.07, 6.45) is 0. The molecule has 5 heteroatoms. The first-order valence-electron chi connectivity index (χ1n) is 4.62. The normalized spacial score (nSPS) is 11.6. The van der Waals surface area contributed by atoms with Gasteiger partial charge in [-0.2, -0.15) is 0 Å². The van der Waals surface area contributed by atoms with E-state index in [9.17, 15) is 0 Å². The molecule has 0 aromatic heterocycles. The molecule has 0 atom stereocenters. The molecule has 0 N–H and O–H groups in total. The van der Waals surface area contributed by atoms with Gasteiger partial charge in [0.1, 0.15) is 0 Å². The monoisotopic (exact) mass is 419 g/mol. The Labute approximate surface area is 106 Å². The first-order chi connectivity index (χ1) is 6.20. The molecule has 0 amide bonds. The molecule has 0 bridgehead atoms. The molecule has 88 valence electrons. The van der Waals surface area contributed by atoms with Crippen LogP contribution >= 0.6 is 0 Å². The second-order valence-corrected chi connectivity index (χ2v) is 20.2. The third-order valence-electron chi connectivity index (χ3n) is 1.07. The van der Waals surface area contributed by atoms with Gasteiger partial charge in [-0.15, -0.1) is 0 Å². The van der Waals surface area contributed by atoms with Gasteiger partial charge in [0, 0.05) is 0 Å². The first kappa shape index (κ1) is 17.9. The van der Waals surface area contributed by atoms with Crippen molar-refractivity contribution in [3.63, 3.8) is 0 Å². The van der Waals surface area contributed by atoms with Gasteiger partial charge in [0.25, 0.3) is 0 Å². The van der Waals surface area contributed by atoms with E-state index in [2.05, 4.69) is 66.1 Å². The third-order valence-corrected chi connectivity index (χ3v) is 7.20. The van der Waals surface area contributed by atoms with Crippen LogP contribution < -0.4 is 0 Å². The van der Waals surface area contributed by atoms with E-state index in [0.29, 0.717) is 0 Å². The van der Waals surface area contributed by atoms with Gasteiger partial charge in [-0.1, -0.05) is 0 Å². The van der Waals surface area contributed by atoms with E-state index in [1.54, 1.807) is 0 Å². The molecule has 0 aliphatic rings. The molecule has 0 aromatic carbocycles. The van der Waals surface area contributed by atoms with Gasteiger partial charge in [0.05, 0.1) is 0 Å². The average molecular weight is 421 g/mol. The van der Waals surface area contributed by atoms with Crippen LogP contribution in [0.5, 0.6) is 0 Å². The van der Waals surface area contributed by atoms with Crippen LogP contribution in [-0.4, -0.2) is 92.7 Å². The average Bonchev–Trinajstić information content (AvgIpc) is 1.80. The molecule has 3 nitrogen and oxygen atoms in total. The summed E-state index contributed by atoms with van der Waals surface area (Å²) >= 11 is -1.83. The molecule has 0 saturated heterocycles. The van der Waals surface area contributed by atoms with Crippen LogP contribution in [0.3, 0.4) is 0 Å². The fourth-order valence-electron chi connectivity index (χ4n) is 1.07. The summed E-state index contributed by atoms with van der Waals surface area (Å²) < 4.78 is 7.05. The summed E-state index contributed by atoms with van der Waals surface area (Å²) in [7, 11) is 12.9. The Morgan fingerprint density at radius 3 is 0.714 bits per heavy atom. The van der Waals surface area contributed by atoms with Crippen molar-refractivity contribution in [1.29, 1.82) is 0 Å². The molecule has 0 aromatic rings. The summed E-state index contributed by atoms with van der Waals surface area (Å²) in [5, 5.41) is 0. The van der Waals surface area contributed by atoms with Crippen LogP contribution in [0.4, 0.5) is 0 Å². The molecule has 0 rings (SSSR count). The molecule has 0 aliphatic carbocycles. The molecule has 14 heavy (non-hydrogen) atoms. The minimum atomic E-state index is -1.38. The predicted octanol–water partition coefficient (Wildman–Crippen LogP) is 1.03. The van der Waals surface area contributed by atoms with E-state index in [1.165, 1.54) is 0 Å². The maximum absolute atomic E-state index is 2.35. The van der Waals surface area contributed by atoms with Crippen LogP contribution in [0.15, 0.2) is 0 Å². The van der Waals surface area contributed by atoms with Crippen molar-refractivity contribution in [3.05, 3.63) is 0 Å². The third kappa shape index (κ3) is 11.6. The zero-order chi connectivity index (χ0) is 11.9. The van der Waals surface area contributed by atoms with Gasteiger partial charge in [0.2, 0.25) is 0 Å². The Morgan fingerprint density at radius 1 is 0.571 bits per heavy atom. The molecular formula is C9H27N3Sb2. The SMILES string of the molecule is C[N](C)[Sb]([N](C)C)[N](C)C.[CH3][Sb]([CH3])[CH3]. The minimum absolute atomic E-state index is 0.450. The van der Waals surface area contributed by atoms with E-state index >= 15 is 0 Å². The van der Waals surface area contributed by atoms with Gasteiger partial charge in [0.15, 0.2) is 0 Å². The summed E-state index contributed by atoms with van der Waals surface area (Å²) in [5.74, 6) is 0. The van der Waals surface area contributed by atoms with Crippen molar-refractivity contribution in [2.75, 3.05) is 42.3 Å². The Bertz CT molecular complexity index is 105. The van der Waals surface area contributed by atoms with Gasteiger partial charge >= 0.3 is 107 Å². The molecule has 0 unspecified atom stereocenters. The van der Waals surface area contributed by atoms with Crippen LogP contribution in [0.1, 0.15) is 0 Å². The van der Waals surface area contributed by atoms with Crippen molar-refractivity contribution in [3.8, 4) is 0 Å². The van der Waals surface area contributed by atoms with Crippen LogP contribution in [0, 0.1) is 0 Å². The van der Waals surface area contributed by atoms with Crippen molar-refractivity contribution in [1.82, 2.24) is 9.18 Å². The Hall–Kier alpha value is 1.52. The maximum atomic E-state index is 2.35. The quantitative estimate of drug-likeness (QED) is 0.631. The van der Waals surface area contributed by atoms with Crippen LogP contribution in [0.2, 0.25) is 14.6 Å². The summed E-state index contributed by atoms with van der Waals surface area (Å²) in [5.41, 5.74) is 0. The van der Waals surface area contributed by atoms with Crippen molar-refractivity contribution >= 4 is 41.3 Å². The van der Waals surface area contributed by atoms with Crippen LogP contribution in [-0.2, 0) is 0 Å². The number of hydrogen-bond donors (Lipinski definition) is 0. The first-order valence-corrected chi connectivity index (χ1v) is 15.7. The number of nitrogens with zero attached hydrogens (tertiary/aromatic N) is 3. The standard InChI is InChI=1S/3C2H6N.3CH3.2Sb/c3*1-3-2;;;;;/h3*1-2H3;3*1H3;;/q3*-1;;;;;+3. The second kappa shape index (κ2) is 9.72. The molecule has 0 heterocycles. The van der Waals surface area contributed by atoms with Gasteiger partial charge in [-0.25, -0.2) is 0 Å². The molecule has 0 spiro atoms. The topological polar surface area (TPSA) is 9.72 Å². The fourth-order valence-corrected chi connectivity index (χ4v) is 7.20. The Morgan fingerprint density at radius 2 is 0.714 bits per heavy atom. The molecular weight excluding hydrogens is 394 g/mol. The fraction of sp³-hybridized carbons (Fsp3) is 1.00. The Balaban J connectivity index is 0. The zero-order valence-corrected chi connectivity index (χ0v) is 16.3. The van der Waals surface area contributed by atoms with Crippen molar-refractivity contribution < 1.29 is 0 Å². The van der Waals surface area contributed by atoms with E-state index < -0.39 is 41.3 Å². The van der Waals surface area contributed by atoms with Crippen LogP contribution in [0.25, 0.3) is 0 Å². The van der Waals surface area contributed by atoms with Gasteiger partial charge in [-0.05, 0) is 0 Å². The van der Waals surface area contributed by atoms with E-state index in [1.807, 2.05) is 0 Å². The zero-order valence-electron chi connectivity index (χ0n) is 11.2. The number of rotatable bonds is 3.